The van der Waals surface area contributed by atoms with Crippen molar-refractivity contribution >= 4 is 5.91 Å². The standard InChI is InChI=1S/C13H24N2O3/c1-4-10-8-18-9(2)7-15(10)13(16)12-5-11(17-3)6-14-12/h9-12,14H,4-8H2,1-3H3. The van der Waals surface area contributed by atoms with Crippen LogP contribution in [0.4, 0.5) is 0 Å². The van der Waals surface area contributed by atoms with Gasteiger partial charge in [0.15, 0.2) is 0 Å². The maximum Gasteiger partial charge on any atom is 0.240 e. The smallest absolute Gasteiger partial charge is 0.240 e. The molecule has 2 fully saturated rings. The molecule has 18 heavy (non-hydrogen) atoms. The first kappa shape index (κ1) is 13.8. The quantitative estimate of drug-likeness (QED) is 0.793. The Morgan fingerprint density at radius 2 is 2.33 bits per heavy atom. The van der Waals surface area contributed by atoms with Crippen LogP contribution in [0.2, 0.25) is 0 Å². The van der Waals surface area contributed by atoms with Crippen molar-refractivity contribution in [2.75, 3.05) is 26.8 Å². The summed E-state index contributed by atoms with van der Waals surface area (Å²) in [5.74, 6) is 0.205. The molecule has 1 amide bonds. The fourth-order valence-electron chi connectivity index (χ4n) is 2.72. The van der Waals surface area contributed by atoms with Crippen molar-refractivity contribution in [1.29, 1.82) is 0 Å². The monoisotopic (exact) mass is 256 g/mol. The van der Waals surface area contributed by atoms with Gasteiger partial charge in [0.25, 0.3) is 0 Å². The highest BCUT2D eigenvalue weighted by molar-refractivity contribution is 5.82. The van der Waals surface area contributed by atoms with Gasteiger partial charge >= 0.3 is 0 Å². The van der Waals surface area contributed by atoms with E-state index in [9.17, 15) is 4.79 Å². The number of hydrogen-bond donors (Lipinski definition) is 1. The number of morpholine rings is 1. The molecule has 0 bridgehead atoms. The molecule has 0 saturated carbocycles. The lowest BCUT2D eigenvalue weighted by Gasteiger charge is -2.39. The third-order valence-electron chi connectivity index (χ3n) is 3.94. The van der Waals surface area contributed by atoms with E-state index in [0.717, 1.165) is 19.4 Å². The summed E-state index contributed by atoms with van der Waals surface area (Å²) in [5, 5.41) is 3.26. The molecule has 104 valence electrons. The summed E-state index contributed by atoms with van der Waals surface area (Å²) in [6.45, 7) is 6.25. The second-order valence-electron chi connectivity index (χ2n) is 5.25. The second-order valence-corrected chi connectivity index (χ2v) is 5.25. The number of carbonyl (C=O) groups excluding carboxylic acids is 1. The Morgan fingerprint density at radius 3 is 2.94 bits per heavy atom. The van der Waals surface area contributed by atoms with Crippen LogP contribution in [0.15, 0.2) is 0 Å². The van der Waals surface area contributed by atoms with Crippen LogP contribution in [0.5, 0.6) is 0 Å². The normalized spacial score (nSPS) is 36.9. The van der Waals surface area contributed by atoms with Crippen molar-refractivity contribution < 1.29 is 14.3 Å². The van der Waals surface area contributed by atoms with Crippen molar-refractivity contribution in [3.8, 4) is 0 Å². The molecule has 0 aromatic heterocycles. The van der Waals surface area contributed by atoms with E-state index in [1.807, 2.05) is 11.8 Å². The lowest BCUT2D eigenvalue weighted by Crippen LogP contribution is -2.55. The van der Waals surface area contributed by atoms with Crippen LogP contribution in [-0.2, 0) is 14.3 Å². The molecule has 2 heterocycles. The van der Waals surface area contributed by atoms with E-state index in [-0.39, 0.29) is 30.2 Å². The van der Waals surface area contributed by atoms with Gasteiger partial charge in [0, 0.05) is 20.2 Å². The number of ether oxygens (including phenoxy) is 2. The number of methoxy groups -OCH3 is 1. The van der Waals surface area contributed by atoms with Gasteiger partial charge in [-0.3, -0.25) is 4.79 Å². The van der Waals surface area contributed by atoms with Crippen LogP contribution in [0.1, 0.15) is 26.7 Å². The molecule has 0 radical (unpaired) electrons. The highest BCUT2D eigenvalue weighted by Gasteiger charge is 2.37. The first-order valence-electron chi connectivity index (χ1n) is 6.84. The highest BCUT2D eigenvalue weighted by Crippen LogP contribution is 2.19. The van der Waals surface area contributed by atoms with Crippen LogP contribution in [-0.4, -0.2) is 61.9 Å². The Labute approximate surface area is 109 Å². The van der Waals surface area contributed by atoms with E-state index in [2.05, 4.69) is 12.2 Å². The van der Waals surface area contributed by atoms with Gasteiger partial charge in [-0.1, -0.05) is 6.92 Å². The number of nitrogens with zero attached hydrogens (tertiary/aromatic N) is 1. The maximum atomic E-state index is 12.5. The third-order valence-corrected chi connectivity index (χ3v) is 3.94. The Kier molecular flexibility index (Phi) is 4.59. The van der Waals surface area contributed by atoms with E-state index in [1.54, 1.807) is 7.11 Å². The first-order chi connectivity index (χ1) is 8.65. The van der Waals surface area contributed by atoms with E-state index < -0.39 is 0 Å². The highest BCUT2D eigenvalue weighted by atomic mass is 16.5. The number of amides is 1. The Balaban J connectivity index is 1.98. The summed E-state index contributed by atoms with van der Waals surface area (Å²) in [5.41, 5.74) is 0. The summed E-state index contributed by atoms with van der Waals surface area (Å²) < 4.78 is 10.9. The topological polar surface area (TPSA) is 50.8 Å². The van der Waals surface area contributed by atoms with E-state index >= 15 is 0 Å². The van der Waals surface area contributed by atoms with Crippen molar-refractivity contribution in [1.82, 2.24) is 10.2 Å². The molecule has 5 heteroatoms. The van der Waals surface area contributed by atoms with Gasteiger partial charge in [0.05, 0.1) is 30.9 Å². The van der Waals surface area contributed by atoms with Gasteiger partial charge in [0.1, 0.15) is 0 Å². The SMILES string of the molecule is CCC1COC(C)CN1C(=O)C1CC(OC)CN1. The van der Waals surface area contributed by atoms with Crippen molar-refractivity contribution in [3.63, 3.8) is 0 Å². The number of carbonyl (C=O) groups is 1. The summed E-state index contributed by atoms with van der Waals surface area (Å²) in [7, 11) is 1.70. The molecule has 4 unspecified atom stereocenters. The van der Waals surface area contributed by atoms with Crippen LogP contribution in [0.25, 0.3) is 0 Å². The minimum Gasteiger partial charge on any atom is -0.380 e. The second kappa shape index (κ2) is 5.99. The fourth-order valence-corrected chi connectivity index (χ4v) is 2.72. The van der Waals surface area contributed by atoms with Crippen molar-refractivity contribution in [2.24, 2.45) is 0 Å². The molecule has 5 nitrogen and oxygen atoms in total. The average Bonchev–Trinajstić information content (AvgIpc) is 2.86. The van der Waals surface area contributed by atoms with Gasteiger partial charge < -0.3 is 19.7 Å². The Morgan fingerprint density at radius 1 is 1.56 bits per heavy atom. The lowest BCUT2D eigenvalue weighted by molar-refractivity contribution is -0.146. The van der Waals surface area contributed by atoms with Gasteiger partial charge in [-0.15, -0.1) is 0 Å². The Bertz CT molecular complexity index is 298. The zero-order chi connectivity index (χ0) is 13.1. The van der Waals surface area contributed by atoms with Crippen molar-refractivity contribution in [3.05, 3.63) is 0 Å². The van der Waals surface area contributed by atoms with Crippen LogP contribution >= 0.6 is 0 Å². The molecule has 4 atom stereocenters. The van der Waals surface area contributed by atoms with E-state index in [1.165, 1.54) is 0 Å². The van der Waals surface area contributed by atoms with Gasteiger partial charge in [-0.25, -0.2) is 0 Å². The van der Waals surface area contributed by atoms with Gasteiger partial charge in [-0.05, 0) is 19.8 Å². The molecule has 2 aliphatic rings. The largest absolute Gasteiger partial charge is 0.380 e. The van der Waals surface area contributed by atoms with Crippen LogP contribution < -0.4 is 5.32 Å². The molecule has 2 aliphatic heterocycles. The minimum absolute atomic E-state index is 0.0886. The maximum absolute atomic E-state index is 12.5. The summed E-state index contributed by atoms with van der Waals surface area (Å²) in [4.78, 5) is 14.5. The first-order valence-corrected chi connectivity index (χ1v) is 6.84. The number of nitrogens with one attached hydrogen (secondary N) is 1. The zero-order valence-electron chi connectivity index (χ0n) is 11.5. The average molecular weight is 256 g/mol. The molecular weight excluding hydrogens is 232 g/mol. The molecule has 1 N–H and O–H groups in total. The molecule has 2 rings (SSSR count). The predicted molar refractivity (Wildman–Crippen MR) is 68.4 cm³/mol. The summed E-state index contributed by atoms with van der Waals surface area (Å²) >= 11 is 0. The molecule has 2 saturated heterocycles. The molecular formula is C13H24N2O3. The minimum atomic E-state index is -0.0886. The molecule has 0 aromatic carbocycles. The van der Waals surface area contributed by atoms with Crippen LogP contribution in [0.3, 0.4) is 0 Å². The number of hydrogen-bond acceptors (Lipinski definition) is 4. The Hall–Kier alpha value is -0.650. The predicted octanol–water partition coefficient (Wildman–Crippen LogP) is 0.389. The van der Waals surface area contributed by atoms with Gasteiger partial charge in [-0.2, -0.15) is 0 Å². The van der Waals surface area contributed by atoms with E-state index in [4.69, 9.17) is 9.47 Å². The fraction of sp³-hybridized carbons (Fsp3) is 0.923. The lowest BCUT2D eigenvalue weighted by atomic mass is 10.1. The van der Waals surface area contributed by atoms with Gasteiger partial charge in [0.2, 0.25) is 5.91 Å². The third kappa shape index (κ3) is 2.84. The van der Waals surface area contributed by atoms with Crippen LogP contribution in [0, 0.1) is 0 Å². The zero-order valence-corrected chi connectivity index (χ0v) is 11.5. The summed E-state index contributed by atoms with van der Waals surface area (Å²) in [6.07, 6.45) is 2.02. The van der Waals surface area contributed by atoms with Crippen molar-refractivity contribution in [2.45, 2.75) is 51.0 Å². The molecule has 0 aliphatic carbocycles. The molecule has 0 aromatic rings. The molecule has 0 spiro atoms. The van der Waals surface area contributed by atoms with E-state index in [0.29, 0.717) is 13.2 Å². The number of rotatable bonds is 3. The summed E-state index contributed by atoms with van der Waals surface area (Å²) in [6, 6.07) is 0.131.